The van der Waals surface area contributed by atoms with E-state index in [9.17, 15) is 4.79 Å². The molecule has 2 rings (SSSR count). The molecule has 0 aromatic heterocycles. The normalized spacial score (nSPS) is 9.86. The predicted octanol–water partition coefficient (Wildman–Crippen LogP) is 2.93. The Bertz CT molecular complexity index is 614. The third kappa shape index (κ3) is 3.45. The zero-order valence-electron chi connectivity index (χ0n) is 12.1. The van der Waals surface area contributed by atoms with Gasteiger partial charge < -0.3 is 18.9 Å². The number of para-hydroxylation sites is 2. The van der Waals surface area contributed by atoms with Crippen LogP contribution in [0.25, 0.3) is 0 Å². The lowest BCUT2D eigenvalue weighted by Gasteiger charge is -2.10. The number of esters is 1. The molecule has 0 N–H and O–H groups in total. The maximum absolute atomic E-state index is 12.2. The van der Waals surface area contributed by atoms with E-state index in [0.717, 1.165) is 0 Å². The molecular weight excluding hydrogens is 272 g/mol. The van der Waals surface area contributed by atoms with Gasteiger partial charge in [0, 0.05) is 6.07 Å². The van der Waals surface area contributed by atoms with Crippen LogP contribution in [0.5, 0.6) is 23.0 Å². The van der Waals surface area contributed by atoms with Gasteiger partial charge in [-0.05, 0) is 24.3 Å². The molecule has 0 unspecified atom stereocenters. The lowest BCUT2D eigenvalue weighted by atomic mass is 10.2. The topological polar surface area (TPSA) is 54.0 Å². The van der Waals surface area contributed by atoms with Gasteiger partial charge in [-0.2, -0.15) is 0 Å². The molecule has 2 aromatic rings. The Morgan fingerprint density at radius 3 is 1.90 bits per heavy atom. The first kappa shape index (κ1) is 14.7. The second-order valence-corrected chi connectivity index (χ2v) is 4.14. The summed E-state index contributed by atoms with van der Waals surface area (Å²) in [5, 5.41) is 0. The molecule has 0 saturated heterocycles. The summed E-state index contributed by atoms with van der Waals surface area (Å²) in [7, 11) is 4.55. The van der Waals surface area contributed by atoms with Crippen LogP contribution in [-0.4, -0.2) is 27.3 Å². The molecule has 0 saturated carbocycles. The van der Waals surface area contributed by atoms with Crippen molar-refractivity contribution in [3.8, 4) is 23.0 Å². The Hall–Kier alpha value is -2.69. The molecular formula is C16H16O5. The van der Waals surface area contributed by atoms with E-state index >= 15 is 0 Å². The standard InChI is InChI=1S/C16H16O5/c1-18-12-8-11(9-13(10-12)19-2)16(17)21-15-7-5-4-6-14(15)20-3/h4-10H,1-3H3. The van der Waals surface area contributed by atoms with Gasteiger partial charge in [0.2, 0.25) is 0 Å². The summed E-state index contributed by atoms with van der Waals surface area (Å²) in [5.41, 5.74) is 0.331. The van der Waals surface area contributed by atoms with E-state index in [1.165, 1.54) is 21.3 Å². The summed E-state index contributed by atoms with van der Waals surface area (Å²) in [6.07, 6.45) is 0. The highest BCUT2D eigenvalue weighted by molar-refractivity contribution is 5.92. The molecule has 2 aromatic carbocycles. The Kier molecular flexibility index (Phi) is 4.66. The van der Waals surface area contributed by atoms with Crippen LogP contribution >= 0.6 is 0 Å². The van der Waals surface area contributed by atoms with Gasteiger partial charge in [-0.25, -0.2) is 4.79 Å². The molecule has 21 heavy (non-hydrogen) atoms. The average molecular weight is 288 g/mol. The van der Waals surface area contributed by atoms with E-state index in [0.29, 0.717) is 28.6 Å². The molecule has 0 radical (unpaired) electrons. The molecule has 0 atom stereocenters. The lowest BCUT2D eigenvalue weighted by molar-refractivity contribution is 0.0729. The van der Waals surface area contributed by atoms with Crippen molar-refractivity contribution in [3.05, 3.63) is 48.0 Å². The van der Waals surface area contributed by atoms with E-state index in [1.54, 1.807) is 42.5 Å². The van der Waals surface area contributed by atoms with Crippen LogP contribution in [0, 0.1) is 0 Å². The van der Waals surface area contributed by atoms with E-state index in [-0.39, 0.29) is 0 Å². The monoisotopic (exact) mass is 288 g/mol. The van der Waals surface area contributed by atoms with Crippen LogP contribution in [0.4, 0.5) is 0 Å². The second kappa shape index (κ2) is 6.65. The Morgan fingerprint density at radius 1 is 0.810 bits per heavy atom. The summed E-state index contributed by atoms with van der Waals surface area (Å²) >= 11 is 0. The molecule has 5 heteroatoms. The van der Waals surface area contributed by atoms with Crippen LogP contribution in [0.2, 0.25) is 0 Å². The van der Waals surface area contributed by atoms with Crippen molar-refractivity contribution in [2.45, 2.75) is 0 Å². The number of rotatable bonds is 5. The fourth-order valence-electron chi connectivity index (χ4n) is 1.79. The zero-order valence-corrected chi connectivity index (χ0v) is 12.1. The van der Waals surface area contributed by atoms with E-state index in [2.05, 4.69) is 0 Å². The van der Waals surface area contributed by atoms with Gasteiger partial charge in [-0.3, -0.25) is 0 Å². The van der Waals surface area contributed by atoms with E-state index in [1.807, 2.05) is 0 Å². The lowest BCUT2D eigenvalue weighted by Crippen LogP contribution is -2.09. The summed E-state index contributed by atoms with van der Waals surface area (Å²) in [4.78, 5) is 12.2. The number of carbonyl (C=O) groups is 1. The Labute approximate surface area is 123 Å². The van der Waals surface area contributed by atoms with Crippen molar-refractivity contribution in [1.82, 2.24) is 0 Å². The fraction of sp³-hybridized carbons (Fsp3) is 0.188. The highest BCUT2D eigenvalue weighted by Gasteiger charge is 2.14. The van der Waals surface area contributed by atoms with E-state index < -0.39 is 5.97 Å². The van der Waals surface area contributed by atoms with Gasteiger partial charge in [0.15, 0.2) is 11.5 Å². The number of ether oxygens (including phenoxy) is 4. The van der Waals surface area contributed by atoms with Gasteiger partial charge in [-0.1, -0.05) is 12.1 Å². The van der Waals surface area contributed by atoms with Crippen molar-refractivity contribution in [1.29, 1.82) is 0 Å². The minimum absolute atomic E-state index is 0.331. The van der Waals surface area contributed by atoms with Gasteiger partial charge >= 0.3 is 5.97 Å². The van der Waals surface area contributed by atoms with Crippen molar-refractivity contribution < 1.29 is 23.7 Å². The predicted molar refractivity (Wildman–Crippen MR) is 77.5 cm³/mol. The molecule has 0 spiro atoms. The van der Waals surface area contributed by atoms with Gasteiger partial charge in [0.25, 0.3) is 0 Å². The largest absolute Gasteiger partial charge is 0.497 e. The first-order chi connectivity index (χ1) is 10.2. The average Bonchev–Trinajstić information content (AvgIpc) is 2.54. The molecule has 0 heterocycles. The number of hydrogen-bond acceptors (Lipinski definition) is 5. The van der Waals surface area contributed by atoms with Crippen molar-refractivity contribution in [2.75, 3.05) is 21.3 Å². The van der Waals surface area contributed by atoms with Crippen LogP contribution in [0.3, 0.4) is 0 Å². The summed E-state index contributed by atoms with van der Waals surface area (Å²) < 4.78 is 20.8. The van der Waals surface area contributed by atoms with Crippen molar-refractivity contribution >= 4 is 5.97 Å². The van der Waals surface area contributed by atoms with Gasteiger partial charge in [0.1, 0.15) is 11.5 Å². The van der Waals surface area contributed by atoms with Crippen LogP contribution < -0.4 is 18.9 Å². The smallest absolute Gasteiger partial charge is 0.343 e. The summed E-state index contributed by atoms with van der Waals surface area (Å²) in [5.74, 6) is 1.35. The highest BCUT2D eigenvalue weighted by Crippen LogP contribution is 2.28. The third-order valence-corrected chi connectivity index (χ3v) is 2.86. The number of benzene rings is 2. The quantitative estimate of drug-likeness (QED) is 0.625. The van der Waals surface area contributed by atoms with Crippen LogP contribution in [-0.2, 0) is 0 Å². The van der Waals surface area contributed by atoms with Crippen LogP contribution in [0.1, 0.15) is 10.4 Å². The number of hydrogen-bond donors (Lipinski definition) is 0. The molecule has 0 amide bonds. The molecule has 0 fully saturated rings. The van der Waals surface area contributed by atoms with Crippen molar-refractivity contribution in [2.24, 2.45) is 0 Å². The van der Waals surface area contributed by atoms with Crippen LogP contribution in [0.15, 0.2) is 42.5 Å². The van der Waals surface area contributed by atoms with Gasteiger partial charge in [-0.15, -0.1) is 0 Å². The number of methoxy groups -OCH3 is 3. The molecule has 0 aliphatic heterocycles. The molecule has 0 aliphatic carbocycles. The fourth-order valence-corrected chi connectivity index (χ4v) is 1.79. The summed E-state index contributed by atoms with van der Waals surface area (Å²) in [6, 6.07) is 11.8. The van der Waals surface area contributed by atoms with E-state index in [4.69, 9.17) is 18.9 Å². The zero-order chi connectivity index (χ0) is 15.2. The molecule has 5 nitrogen and oxygen atoms in total. The minimum atomic E-state index is -0.517. The minimum Gasteiger partial charge on any atom is -0.497 e. The Morgan fingerprint density at radius 2 is 1.38 bits per heavy atom. The summed E-state index contributed by atoms with van der Waals surface area (Å²) in [6.45, 7) is 0. The first-order valence-corrected chi connectivity index (χ1v) is 6.26. The molecule has 110 valence electrons. The van der Waals surface area contributed by atoms with Crippen molar-refractivity contribution in [3.63, 3.8) is 0 Å². The second-order valence-electron chi connectivity index (χ2n) is 4.14. The maximum Gasteiger partial charge on any atom is 0.343 e. The highest BCUT2D eigenvalue weighted by atomic mass is 16.6. The first-order valence-electron chi connectivity index (χ1n) is 6.26. The maximum atomic E-state index is 12.2. The third-order valence-electron chi connectivity index (χ3n) is 2.86. The number of carbonyl (C=O) groups excluding carboxylic acids is 1. The molecule has 0 aliphatic rings. The Balaban J connectivity index is 2.28. The molecule has 0 bridgehead atoms. The SMILES string of the molecule is COc1cc(OC)cc(C(=O)Oc2ccccc2OC)c1. The van der Waals surface area contributed by atoms with Gasteiger partial charge in [0.05, 0.1) is 26.9 Å².